The standard InChI is InChI=1S/C17H21N3O/c18-9-16-17(20(7-8-21-16)13-5-6-13)15-11-19-10-12-3-1-2-4-14(12)15/h1-4,10-11,13,16-17H,5-9,18H2. The molecule has 1 aromatic carbocycles. The molecule has 0 amide bonds. The van der Waals surface area contributed by atoms with Gasteiger partial charge in [-0.25, -0.2) is 0 Å². The lowest BCUT2D eigenvalue weighted by molar-refractivity contribution is -0.0708. The molecule has 0 bridgehead atoms. The van der Waals surface area contributed by atoms with Crippen molar-refractivity contribution in [2.45, 2.75) is 31.0 Å². The van der Waals surface area contributed by atoms with Crippen LogP contribution in [-0.4, -0.2) is 41.7 Å². The molecule has 2 aromatic rings. The van der Waals surface area contributed by atoms with E-state index in [2.05, 4.69) is 34.1 Å². The zero-order valence-electron chi connectivity index (χ0n) is 12.1. The molecule has 1 aromatic heterocycles. The number of pyridine rings is 1. The van der Waals surface area contributed by atoms with E-state index < -0.39 is 0 Å². The van der Waals surface area contributed by atoms with Crippen LogP contribution in [-0.2, 0) is 4.74 Å². The summed E-state index contributed by atoms with van der Waals surface area (Å²) in [5, 5.41) is 2.46. The van der Waals surface area contributed by atoms with Crippen LogP contribution in [0.25, 0.3) is 10.8 Å². The monoisotopic (exact) mass is 283 g/mol. The van der Waals surface area contributed by atoms with E-state index in [1.807, 2.05) is 12.4 Å². The highest BCUT2D eigenvalue weighted by Gasteiger charge is 2.41. The summed E-state index contributed by atoms with van der Waals surface area (Å²) in [6.07, 6.45) is 6.59. The van der Waals surface area contributed by atoms with E-state index in [4.69, 9.17) is 10.5 Å². The minimum Gasteiger partial charge on any atom is -0.374 e. The van der Waals surface area contributed by atoms with Crippen LogP contribution in [0, 0.1) is 0 Å². The highest BCUT2D eigenvalue weighted by molar-refractivity contribution is 5.85. The molecule has 4 nitrogen and oxygen atoms in total. The summed E-state index contributed by atoms with van der Waals surface area (Å²) >= 11 is 0. The van der Waals surface area contributed by atoms with Crippen molar-refractivity contribution in [2.75, 3.05) is 19.7 Å². The van der Waals surface area contributed by atoms with Gasteiger partial charge in [-0.05, 0) is 23.8 Å². The summed E-state index contributed by atoms with van der Waals surface area (Å²) in [7, 11) is 0. The van der Waals surface area contributed by atoms with Gasteiger partial charge < -0.3 is 10.5 Å². The van der Waals surface area contributed by atoms with Crippen LogP contribution < -0.4 is 5.73 Å². The Balaban J connectivity index is 1.82. The summed E-state index contributed by atoms with van der Waals surface area (Å²) < 4.78 is 5.96. The molecule has 2 aliphatic rings. The molecule has 110 valence electrons. The quantitative estimate of drug-likeness (QED) is 0.937. The van der Waals surface area contributed by atoms with E-state index in [1.165, 1.54) is 29.2 Å². The van der Waals surface area contributed by atoms with E-state index in [9.17, 15) is 0 Å². The lowest BCUT2D eigenvalue weighted by atomic mass is 9.94. The molecule has 2 heterocycles. The lowest BCUT2D eigenvalue weighted by Crippen LogP contribution is -2.49. The van der Waals surface area contributed by atoms with Gasteiger partial charge in [-0.3, -0.25) is 9.88 Å². The SMILES string of the molecule is NCC1OCCN(C2CC2)C1c1cncc2ccccc12. The van der Waals surface area contributed by atoms with Crippen molar-refractivity contribution in [3.8, 4) is 0 Å². The van der Waals surface area contributed by atoms with E-state index in [1.54, 1.807) is 0 Å². The molecule has 21 heavy (non-hydrogen) atoms. The van der Waals surface area contributed by atoms with Crippen LogP contribution in [0.2, 0.25) is 0 Å². The molecule has 2 N–H and O–H groups in total. The average molecular weight is 283 g/mol. The zero-order valence-corrected chi connectivity index (χ0v) is 12.1. The molecule has 1 aliphatic heterocycles. The second-order valence-corrected chi connectivity index (χ2v) is 6.01. The van der Waals surface area contributed by atoms with Crippen molar-refractivity contribution in [1.82, 2.24) is 9.88 Å². The average Bonchev–Trinajstić information content (AvgIpc) is 3.38. The van der Waals surface area contributed by atoms with Gasteiger partial charge in [0.2, 0.25) is 0 Å². The topological polar surface area (TPSA) is 51.4 Å². The van der Waals surface area contributed by atoms with Crippen LogP contribution >= 0.6 is 0 Å². The second-order valence-electron chi connectivity index (χ2n) is 6.01. The second kappa shape index (κ2) is 5.37. The maximum Gasteiger partial charge on any atom is 0.0895 e. The van der Waals surface area contributed by atoms with Gasteiger partial charge in [0.1, 0.15) is 0 Å². The first kappa shape index (κ1) is 13.2. The van der Waals surface area contributed by atoms with Gasteiger partial charge in [0.25, 0.3) is 0 Å². The number of nitrogens with two attached hydrogens (primary N) is 1. The number of benzene rings is 1. The van der Waals surface area contributed by atoms with Gasteiger partial charge >= 0.3 is 0 Å². The number of aromatic nitrogens is 1. The van der Waals surface area contributed by atoms with E-state index in [-0.39, 0.29) is 12.1 Å². The highest BCUT2D eigenvalue weighted by atomic mass is 16.5. The van der Waals surface area contributed by atoms with Crippen LogP contribution in [0.1, 0.15) is 24.4 Å². The Morgan fingerprint density at radius 1 is 1.24 bits per heavy atom. The van der Waals surface area contributed by atoms with Crippen molar-refractivity contribution in [3.05, 3.63) is 42.2 Å². The number of morpholine rings is 1. The fraction of sp³-hybridized carbons (Fsp3) is 0.471. The smallest absolute Gasteiger partial charge is 0.0895 e. The molecule has 1 saturated heterocycles. The summed E-state index contributed by atoms with van der Waals surface area (Å²) in [5.41, 5.74) is 7.25. The maximum atomic E-state index is 5.99. The van der Waals surface area contributed by atoms with Crippen molar-refractivity contribution in [1.29, 1.82) is 0 Å². The number of rotatable bonds is 3. The number of fused-ring (bicyclic) bond motifs is 1. The zero-order chi connectivity index (χ0) is 14.2. The van der Waals surface area contributed by atoms with Crippen molar-refractivity contribution < 1.29 is 4.74 Å². The van der Waals surface area contributed by atoms with Crippen molar-refractivity contribution in [2.24, 2.45) is 5.73 Å². The predicted molar refractivity (Wildman–Crippen MR) is 83.0 cm³/mol. The Labute approximate surface area is 124 Å². The molecular weight excluding hydrogens is 262 g/mol. The fourth-order valence-corrected chi connectivity index (χ4v) is 3.52. The fourth-order valence-electron chi connectivity index (χ4n) is 3.52. The van der Waals surface area contributed by atoms with Gasteiger partial charge in [-0.15, -0.1) is 0 Å². The number of nitrogens with zero attached hydrogens (tertiary/aromatic N) is 2. The molecule has 4 rings (SSSR count). The maximum absolute atomic E-state index is 5.99. The molecule has 2 unspecified atom stereocenters. The Hall–Kier alpha value is -1.49. The molecule has 2 fully saturated rings. The van der Waals surface area contributed by atoms with Crippen LogP contribution in [0.15, 0.2) is 36.7 Å². The summed E-state index contributed by atoms with van der Waals surface area (Å²) in [6, 6.07) is 9.38. The lowest BCUT2D eigenvalue weighted by Gasteiger charge is -2.41. The summed E-state index contributed by atoms with van der Waals surface area (Å²) in [5.74, 6) is 0. The molecule has 1 saturated carbocycles. The van der Waals surface area contributed by atoms with Gasteiger partial charge in [0, 0.05) is 36.9 Å². The third-order valence-electron chi connectivity index (χ3n) is 4.66. The van der Waals surface area contributed by atoms with Gasteiger partial charge in [0.15, 0.2) is 0 Å². The first-order valence-corrected chi connectivity index (χ1v) is 7.78. The number of ether oxygens (including phenoxy) is 1. The molecule has 4 heteroatoms. The Morgan fingerprint density at radius 2 is 2.10 bits per heavy atom. The normalized spacial score (nSPS) is 27.1. The van der Waals surface area contributed by atoms with Crippen molar-refractivity contribution >= 4 is 10.8 Å². The van der Waals surface area contributed by atoms with E-state index in [0.29, 0.717) is 12.6 Å². The molecular formula is C17H21N3O. The van der Waals surface area contributed by atoms with E-state index in [0.717, 1.165) is 13.2 Å². The van der Waals surface area contributed by atoms with Crippen LogP contribution in [0.4, 0.5) is 0 Å². The van der Waals surface area contributed by atoms with Crippen LogP contribution in [0.3, 0.4) is 0 Å². The predicted octanol–water partition coefficient (Wildman–Crippen LogP) is 2.10. The number of hydrogen-bond acceptors (Lipinski definition) is 4. The minimum atomic E-state index is 0.0620. The first-order valence-electron chi connectivity index (χ1n) is 7.78. The summed E-state index contributed by atoms with van der Waals surface area (Å²) in [6.45, 7) is 2.33. The molecule has 0 spiro atoms. The van der Waals surface area contributed by atoms with Crippen LogP contribution in [0.5, 0.6) is 0 Å². The third kappa shape index (κ3) is 2.33. The Morgan fingerprint density at radius 3 is 2.90 bits per heavy atom. The minimum absolute atomic E-state index is 0.0620. The van der Waals surface area contributed by atoms with Gasteiger partial charge in [0.05, 0.1) is 18.8 Å². The van der Waals surface area contributed by atoms with Gasteiger partial charge in [-0.1, -0.05) is 24.3 Å². The largest absolute Gasteiger partial charge is 0.374 e. The van der Waals surface area contributed by atoms with E-state index >= 15 is 0 Å². The number of hydrogen-bond donors (Lipinski definition) is 1. The highest BCUT2D eigenvalue weighted by Crippen LogP contribution is 2.40. The molecule has 1 aliphatic carbocycles. The third-order valence-corrected chi connectivity index (χ3v) is 4.66. The summed E-state index contributed by atoms with van der Waals surface area (Å²) in [4.78, 5) is 7.04. The van der Waals surface area contributed by atoms with Crippen molar-refractivity contribution in [3.63, 3.8) is 0 Å². The molecule has 2 atom stereocenters. The Kier molecular flexibility index (Phi) is 3.37. The first-order chi connectivity index (χ1) is 10.4. The van der Waals surface area contributed by atoms with Gasteiger partial charge in [-0.2, -0.15) is 0 Å². The Bertz CT molecular complexity index is 635. The molecule has 0 radical (unpaired) electrons.